The highest BCUT2D eigenvalue weighted by molar-refractivity contribution is 5.48. The smallest absolute Gasteiger partial charge is 0.161 e. The molecule has 21 heavy (non-hydrogen) atoms. The van der Waals surface area contributed by atoms with E-state index in [9.17, 15) is 0 Å². The van der Waals surface area contributed by atoms with Gasteiger partial charge in [0.2, 0.25) is 0 Å². The zero-order chi connectivity index (χ0) is 15.2. The van der Waals surface area contributed by atoms with Gasteiger partial charge < -0.3 is 14.8 Å². The molecule has 0 bridgehead atoms. The number of nitrogens with one attached hydrogen (secondary N) is 1. The molecule has 4 nitrogen and oxygen atoms in total. The second kappa shape index (κ2) is 7.48. The first kappa shape index (κ1) is 15.9. The summed E-state index contributed by atoms with van der Waals surface area (Å²) in [5.74, 6) is 1.63. The normalized spacial score (nSPS) is 14.6. The average molecular weight is 290 g/mol. The number of benzene rings is 1. The monoisotopic (exact) mass is 290 g/mol. The fraction of sp³-hybridized carbons (Fsp3) is 0.529. The van der Waals surface area contributed by atoms with Crippen molar-refractivity contribution in [1.82, 2.24) is 10.2 Å². The first-order chi connectivity index (χ1) is 10.2. The third-order valence-electron chi connectivity index (χ3n) is 3.87. The zero-order valence-corrected chi connectivity index (χ0v) is 13.4. The molecular weight excluding hydrogens is 264 g/mol. The molecular formula is C17H26N2O2. The largest absolute Gasteiger partial charge is 0.493 e. The summed E-state index contributed by atoms with van der Waals surface area (Å²) in [7, 11) is 3.37. The van der Waals surface area contributed by atoms with E-state index in [1.54, 1.807) is 14.2 Å². The molecule has 1 aromatic rings. The van der Waals surface area contributed by atoms with Gasteiger partial charge in [-0.05, 0) is 41.8 Å². The molecule has 1 aromatic carbocycles. The van der Waals surface area contributed by atoms with Gasteiger partial charge in [-0.3, -0.25) is 4.90 Å². The van der Waals surface area contributed by atoms with E-state index in [0.717, 1.165) is 50.6 Å². The molecule has 1 N–H and O–H groups in total. The van der Waals surface area contributed by atoms with E-state index >= 15 is 0 Å². The molecule has 0 saturated carbocycles. The third-order valence-corrected chi connectivity index (χ3v) is 3.87. The minimum absolute atomic E-state index is 0.810. The van der Waals surface area contributed by atoms with E-state index < -0.39 is 0 Å². The van der Waals surface area contributed by atoms with Crippen LogP contribution in [0.4, 0.5) is 0 Å². The van der Waals surface area contributed by atoms with Gasteiger partial charge in [-0.1, -0.05) is 13.5 Å². The van der Waals surface area contributed by atoms with E-state index in [1.807, 2.05) is 0 Å². The number of likely N-dealkylation sites (N-methyl/N-ethyl adjacent to an activating group) is 1. The van der Waals surface area contributed by atoms with E-state index in [4.69, 9.17) is 9.47 Å². The van der Waals surface area contributed by atoms with Crippen molar-refractivity contribution in [3.05, 3.63) is 35.4 Å². The molecule has 0 aromatic heterocycles. The van der Waals surface area contributed by atoms with Gasteiger partial charge in [-0.15, -0.1) is 0 Å². The topological polar surface area (TPSA) is 33.7 Å². The van der Waals surface area contributed by atoms with Crippen LogP contribution in [0.3, 0.4) is 0 Å². The molecule has 4 heteroatoms. The zero-order valence-electron chi connectivity index (χ0n) is 13.4. The van der Waals surface area contributed by atoms with Crippen molar-refractivity contribution in [1.29, 1.82) is 0 Å². The molecule has 0 aliphatic carbocycles. The Morgan fingerprint density at radius 3 is 2.52 bits per heavy atom. The van der Waals surface area contributed by atoms with Crippen LogP contribution in [-0.4, -0.2) is 45.3 Å². The maximum Gasteiger partial charge on any atom is 0.161 e. The Morgan fingerprint density at radius 1 is 1.24 bits per heavy atom. The molecule has 0 amide bonds. The molecule has 0 radical (unpaired) electrons. The second-order valence-corrected chi connectivity index (χ2v) is 5.47. The van der Waals surface area contributed by atoms with Gasteiger partial charge in [0.1, 0.15) is 0 Å². The molecule has 0 atom stereocenters. The molecule has 0 fully saturated rings. The van der Waals surface area contributed by atoms with Gasteiger partial charge in [-0.2, -0.15) is 0 Å². The van der Waals surface area contributed by atoms with E-state index in [2.05, 4.69) is 35.9 Å². The molecule has 1 aliphatic rings. The summed E-state index contributed by atoms with van der Waals surface area (Å²) in [5.41, 5.74) is 3.93. The lowest BCUT2D eigenvalue weighted by Crippen LogP contribution is -2.34. The Labute approximate surface area is 127 Å². The van der Waals surface area contributed by atoms with Crippen LogP contribution in [0.1, 0.15) is 18.1 Å². The predicted molar refractivity (Wildman–Crippen MR) is 86.2 cm³/mol. The molecule has 1 aliphatic heterocycles. The Bertz CT molecular complexity index is 500. The summed E-state index contributed by atoms with van der Waals surface area (Å²) < 4.78 is 10.8. The lowest BCUT2D eigenvalue weighted by molar-refractivity contribution is 0.272. The molecule has 0 spiro atoms. The Hall–Kier alpha value is -1.52. The summed E-state index contributed by atoms with van der Waals surface area (Å²) in [6, 6.07) is 4.21. The third kappa shape index (κ3) is 3.99. The van der Waals surface area contributed by atoms with Gasteiger partial charge in [0, 0.05) is 26.2 Å². The number of fused-ring (bicyclic) bond motifs is 1. The number of rotatable bonds is 7. The van der Waals surface area contributed by atoms with Crippen LogP contribution in [0.2, 0.25) is 0 Å². The highest BCUT2D eigenvalue weighted by Crippen LogP contribution is 2.33. The average Bonchev–Trinajstić information content (AvgIpc) is 2.51. The van der Waals surface area contributed by atoms with Gasteiger partial charge in [-0.25, -0.2) is 0 Å². The Balaban J connectivity index is 2.04. The summed E-state index contributed by atoms with van der Waals surface area (Å²) >= 11 is 0. The standard InChI is InChI=1S/C17H26N2O2/c1-5-18-10-13(2)11-19-7-6-14-8-16(20-3)17(21-4)9-15(14)12-19/h8-9,18H,2,5-7,10-12H2,1,3-4H3. The maximum atomic E-state index is 5.40. The Morgan fingerprint density at radius 2 is 1.90 bits per heavy atom. The fourth-order valence-electron chi connectivity index (χ4n) is 2.75. The van der Waals surface area contributed by atoms with Crippen LogP contribution in [0.5, 0.6) is 11.5 Å². The van der Waals surface area contributed by atoms with E-state index in [0.29, 0.717) is 0 Å². The van der Waals surface area contributed by atoms with Gasteiger partial charge in [0.15, 0.2) is 11.5 Å². The number of nitrogens with zero attached hydrogens (tertiary/aromatic N) is 1. The lowest BCUT2D eigenvalue weighted by Gasteiger charge is -2.30. The van der Waals surface area contributed by atoms with Crippen LogP contribution >= 0.6 is 0 Å². The number of methoxy groups -OCH3 is 2. The molecule has 116 valence electrons. The lowest BCUT2D eigenvalue weighted by atomic mass is 9.98. The van der Waals surface area contributed by atoms with Crippen molar-refractivity contribution in [2.24, 2.45) is 0 Å². The molecule has 1 heterocycles. The second-order valence-electron chi connectivity index (χ2n) is 5.47. The van der Waals surface area contributed by atoms with Crippen LogP contribution in [-0.2, 0) is 13.0 Å². The van der Waals surface area contributed by atoms with Crippen LogP contribution in [0.25, 0.3) is 0 Å². The number of hydrogen-bond donors (Lipinski definition) is 1. The van der Waals surface area contributed by atoms with Crippen LogP contribution in [0, 0.1) is 0 Å². The fourth-order valence-corrected chi connectivity index (χ4v) is 2.75. The number of ether oxygens (including phenoxy) is 2. The first-order valence-electron chi connectivity index (χ1n) is 7.51. The Kier molecular flexibility index (Phi) is 5.65. The van der Waals surface area contributed by atoms with Gasteiger partial charge in [0.05, 0.1) is 14.2 Å². The highest BCUT2D eigenvalue weighted by Gasteiger charge is 2.19. The van der Waals surface area contributed by atoms with Crippen molar-refractivity contribution in [2.45, 2.75) is 19.9 Å². The van der Waals surface area contributed by atoms with Crippen molar-refractivity contribution >= 4 is 0 Å². The van der Waals surface area contributed by atoms with Crippen molar-refractivity contribution in [2.75, 3.05) is 40.4 Å². The minimum atomic E-state index is 0.810. The summed E-state index contributed by atoms with van der Waals surface area (Å²) in [6.45, 7) is 11.1. The summed E-state index contributed by atoms with van der Waals surface area (Å²) in [4.78, 5) is 2.44. The highest BCUT2D eigenvalue weighted by atomic mass is 16.5. The van der Waals surface area contributed by atoms with Gasteiger partial charge >= 0.3 is 0 Å². The molecule has 0 unspecified atom stereocenters. The minimum Gasteiger partial charge on any atom is -0.493 e. The van der Waals surface area contributed by atoms with Crippen molar-refractivity contribution < 1.29 is 9.47 Å². The van der Waals surface area contributed by atoms with Crippen molar-refractivity contribution in [3.8, 4) is 11.5 Å². The summed E-state index contributed by atoms with van der Waals surface area (Å²) in [6.07, 6.45) is 1.05. The predicted octanol–water partition coefficient (Wildman–Crippen LogP) is 2.23. The van der Waals surface area contributed by atoms with Crippen LogP contribution in [0.15, 0.2) is 24.3 Å². The van der Waals surface area contributed by atoms with E-state index in [1.165, 1.54) is 16.7 Å². The molecule has 2 rings (SSSR count). The van der Waals surface area contributed by atoms with Crippen molar-refractivity contribution in [3.63, 3.8) is 0 Å². The van der Waals surface area contributed by atoms with Crippen LogP contribution < -0.4 is 14.8 Å². The molecule has 0 saturated heterocycles. The summed E-state index contributed by atoms with van der Waals surface area (Å²) in [5, 5.41) is 3.33. The van der Waals surface area contributed by atoms with Gasteiger partial charge in [0.25, 0.3) is 0 Å². The van der Waals surface area contributed by atoms with E-state index in [-0.39, 0.29) is 0 Å². The quantitative estimate of drug-likeness (QED) is 0.781. The first-order valence-corrected chi connectivity index (χ1v) is 7.51. The SMILES string of the molecule is C=C(CNCC)CN1CCc2cc(OC)c(OC)cc2C1. The number of hydrogen-bond acceptors (Lipinski definition) is 4. The maximum absolute atomic E-state index is 5.40.